The summed E-state index contributed by atoms with van der Waals surface area (Å²) >= 11 is 1.70. The highest BCUT2D eigenvalue weighted by atomic mass is 32.1. The molecule has 0 aliphatic carbocycles. The number of benzene rings is 1. The van der Waals surface area contributed by atoms with Crippen molar-refractivity contribution in [2.24, 2.45) is 16.5 Å². The van der Waals surface area contributed by atoms with E-state index in [9.17, 15) is 19.5 Å². The third-order valence-corrected chi connectivity index (χ3v) is 9.35. The van der Waals surface area contributed by atoms with Gasteiger partial charge in [-0.3, -0.25) is 14.6 Å². The summed E-state index contributed by atoms with van der Waals surface area (Å²) in [6.45, 7) is 9.16. The van der Waals surface area contributed by atoms with Gasteiger partial charge in [-0.05, 0) is 91.2 Å². The number of ether oxygens (including phenoxy) is 2. The molecule has 0 spiro atoms. The summed E-state index contributed by atoms with van der Waals surface area (Å²) in [5.41, 5.74) is 10.9. The number of carbonyl (C=O) groups excluding carboxylic acids is 4. The zero-order valence-electron chi connectivity index (χ0n) is 33.9. The van der Waals surface area contributed by atoms with E-state index in [1.807, 2.05) is 63.7 Å². The van der Waals surface area contributed by atoms with Crippen LogP contribution in [0.4, 0.5) is 0 Å². The minimum atomic E-state index is -0.686. The van der Waals surface area contributed by atoms with Gasteiger partial charge < -0.3 is 61.6 Å². The molecule has 0 radical (unpaired) electrons. The quantitative estimate of drug-likeness (QED) is 0.0444. The van der Waals surface area contributed by atoms with Crippen LogP contribution in [0.15, 0.2) is 46.8 Å². The van der Waals surface area contributed by atoms with Crippen LogP contribution in [0.25, 0.3) is 0 Å². The number of likely N-dealkylation sites (N-methyl/N-ethyl adjacent to an activating group) is 1. The van der Waals surface area contributed by atoms with Gasteiger partial charge in [-0.25, -0.2) is 0 Å². The lowest BCUT2D eigenvalue weighted by molar-refractivity contribution is -0.136. The summed E-state index contributed by atoms with van der Waals surface area (Å²) in [5.74, 6) is 1.56. The third kappa shape index (κ3) is 25.9. The lowest BCUT2D eigenvalue weighted by Crippen LogP contribution is -2.40. The van der Waals surface area contributed by atoms with Crippen molar-refractivity contribution < 1.29 is 38.9 Å². The maximum absolute atomic E-state index is 12.2. The van der Waals surface area contributed by atoms with Crippen molar-refractivity contribution in [1.29, 1.82) is 0 Å². The van der Waals surface area contributed by atoms with Crippen LogP contribution in [0.5, 0.6) is 5.75 Å². The number of amides is 2. The van der Waals surface area contributed by atoms with E-state index in [0.717, 1.165) is 62.7 Å². The number of nitrogens with two attached hydrogens (primary N) is 2. The molecule has 314 valence electrons. The van der Waals surface area contributed by atoms with Crippen LogP contribution in [-0.2, 0) is 23.9 Å². The number of aliphatic imine (C=N–C) groups is 1. The molecule has 3 rings (SSSR count). The summed E-state index contributed by atoms with van der Waals surface area (Å²) in [5, 5.41) is 29.3. The molecule has 55 heavy (non-hydrogen) atoms. The number of aldehydes is 2. The molecule has 9 N–H and O–H groups in total. The minimum Gasteiger partial charge on any atom is -0.494 e. The van der Waals surface area contributed by atoms with E-state index in [-0.39, 0.29) is 24.4 Å². The number of aliphatic hydroxyl groups is 2. The fraction of sp³-hybridized carbons (Fsp3) is 0.615. The maximum atomic E-state index is 12.2. The number of hydrogen-bond donors (Lipinski definition) is 7. The number of nitrogens with one attached hydrogen (secondary N) is 3. The summed E-state index contributed by atoms with van der Waals surface area (Å²) < 4.78 is 10.3. The number of amidine groups is 1. The van der Waals surface area contributed by atoms with Gasteiger partial charge >= 0.3 is 0 Å². The normalized spacial score (nSPS) is 16.2. The summed E-state index contributed by atoms with van der Waals surface area (Å²) in [4.78, 5) is 48.6. The molecule has 16 heteroatoms. The molecule has 1 aromatic carbocycles. The van der Waals surface area contributed by atoms with Gasteiger partial charge in [-0.15, -0.1) is 11.3 Å². The molecule has 1 aromatic heterocycles. The average molecular weight is 796 g/mol. The Labute approximate surface area is 332 Å². The first-order valence-electron chi connectivity index (χ1n) is 18.7. The van der Waals surface area contributed by atoms with Crippen molar-refractivity contribution in [2.45, 2.75) is 96.1 Å². The standard InChI is InChI=1S/C17H23NO3.C9H15N3S.C8H17NO3.C4H11NO.CH3NO/c1-14-10-11-15(13-19)18(14)17(20)9-5-6-12-21-16-7-3-2-4-8-16;1-6(11-2)8-4-7(5-13-8)9(10)12-3;1-2-7(11)8(12)3-4-9-5-6-10;1-5-3-4-6-2;2-1-3/h2-4,7-8,13-15H,5-6,9-12H2,1H3;4-6,11H,1-3H3,(H2,10,12);6-9,11-12H,2-5H2,1H3;5H,3-4H2,1-2H3;1H,(H2,2,3)/t;6-;;;/m.1.../s1. The Morgan fingerprint density at radius 2 is 1.76 bits per heavy atom. The molecule has 1 aliphatic rings. The molecule has 2 aromatic rings. The first-order valence-corrected chi connectivity index (χ1v) is 19.6. The average Bonchev–Trinajstić information content (AvgIpc) is 3.86. The maximum Gasteiger partial charge on any atom is 0.223 e. The van der Waals surface area contributed by atoms with Crippen LogP contribution in [0.2, 0.25) is 0 Å². The summed E-state index contributed by atoms with van der Waals surface area (Å²) in [6, 6.07) is 12.1. The molecule has 0 saturated carbocycles. The largest absolute Gasteiger partial charge is 0.494 e. The first-order chi connectivity index (χ1) is 26.5. The molecular formula is C39H69N7O8S. The van der Waals surface area contributed by atoms with Crippen LogP contribution < -0.4 is 32.2 Å². The number of aliphatic hydroxyl groups excluding tert-OH is 2. The zero-order chi connectivity index (χ0) is 41.9. The van der Waals surface area contributed by atoms with Crippen LogP contribution in [0.3, 0.4) is 0 Å². The second kappa shape index (κ2) is 35.9. The molecule has 1 saturated heterocycles. The zero-order valence-corrected chi connectivity index (χ0v) is 34.8. The van der Waals surface area contributed by atoms with Gasteiger partial charge in [0.25, 0.3) is 0 Å². The predicted molar refractivity (Wildman–Crippen MR) is 222 cm³/mol. The van der Waals surface area contributed by atoms with Gasteiger partial charge in [0.05, 0.1) is 38.0 Å². The van der Waals surface area contributed by atoms with Crippen molar-refractivity contribution in [1.82, 2.24) is 20.9 Å². The number of primary amides is 1. The number of likely N-dealkylation sites (tertiary alicyclic amines) is 1. The van der Waals surface area contributed by atoms with Gasteiger partial charge in [-0.1, -0.05) is 25.1 Å². The van der Waals surface area contributed by atoms with E-state index in [0.29, 0.717) is 50.8 Å². The van der Waals surface area contributed by atoms with Gasteiger partial charge in [-0.2, -0.15) is 0 Å². The number of rotatable bonds is 20. The predicted octanol–water partition coefficient (Wildman–Crippen LogP) is 2.43. The Morgan fingerprint density at radius 3 is 2.29 bits per heavy atom. The SMILES string of the molecule is CC1CCC(C=O)N1C(=O)CCCCOc1ccccc1.CCC(O)C(O)CCNCC=O.CN=C(N)c1csc([C@@H](C)NC)c1.CNCCOC.NC=O. The lowest BCUT2D eigenvalue weighted by Gasteiger charge is -2.25. The van der Waals surface area contributed by atoms with E-state index in [2.05, 4.69) is 39.7 Å². The highest BCUT2D eigenvalue weighted by Crippen LogP contribution is 2.24. The van der Waals surface area contributed by atoms with E-state index in [1.165, 1.54) is 4.88 Å². The third-order valence-electron chi connectivity index (χ3n) is 8.23. The van der Waals surface area contributed by atoms with Crippen molar-refractivity contribution >= 4 is 42.1 Å². The number of unbranched alkanes of at least 4 members (excludes halogenated alkanes) is 1. The number of methoxy groups -OCH3 is 1. The fourth-order valence-corrected chi connectivity index (χ4v) is 5.83. The molecule has 1 aliphatic heterocycles. The number of nitrogens with zero attached hydrogens (tertiary/aromatic N) is 2. The fourth-order valence-electron chi connectivity index (χ4n) is 4.86. The number of thiophene rings is 1. The molecular weight excluding hydrogens is 727 g/mol. The van der Waals surface area contributed by atoms with Gasteiger partial charge in [0.15, 0.2) is 0 Å². The second-order valence-corrected chi connectivity index (χ2v) is 13.3. The van der Waals surface area contributed by atoms with Crippen molar-refractivity contribution in [2.75, 3.05) is 61.1 Å². The molecule has 0 bridgehead atoms. The summed E-state index contributed by atoms with van der Waals surface area (Å²) in [7, 11) is 7.24. The van der Waals surface area contributed by atoms with Crippen LogP contribution in [-0.4, -0.2) is 131 Å². The smallest absolute Gasteiger partial charge is 0.223 e. The Balaban J connectivity index is 0. The van der Waals surface area contributed by atoms with Crippen molar-refractivity contribution in [3.8, 4) is 5.75 Å². The van der Waals surface area contributed by atoms with Crippen molar-refractivity contribution in [3.05, 3.63) is 52.2 Å². The van der Waals surface area contributed by atoms with E-state index >= 15 is 0 Å². The number of carbonyl (C=O) groups is 4. The molecule has 2 heterocycles. The molecule has 2 amide bonds. The first kappa shape index (κ1) is 53.3. The summed E-state index contributed by atoms with van der Waals surface area (Å²) in [6.07, 6.45) is 5.46. The lowest BCUT2D eigenvalue weighted by atomic mass is 10.1. The van der Waals surface area contributed by atoms with Gasteiger partial charge in [0.1, 0.15) is 24.2 Å². The minimum absolute atomic E-state index is 0.0943. The van der Waals surface area contributed by atoms with E-state index in [1.54, 1.807) is 30.4 Å². The molecule has 15 nitrogen and oxygen atoms in total. The highest BCUT2D eigenvalue weighted by Gasteiger charge is 2.33. The van der Waals surface area contributed by atoms with E-state index in [4.69, 9.17) is 25.1 Å². The monoisotopic (exact) mass is 795 g/mol. The topological polar surface area (TPSA) is 231 Å². The number of para-hydroxylation sites is 1. The highest BCUT2D eigenvalue weighted by molar-refractivity contribution is 7.10. The Kier molecular flexibility index (Phi) is 34.8. The Morgan fingerprint density at radius 1 is 1.09 bits per heavy atom. The van der Waals surface area contributed by atoms with Crippen LogP contribution >= 0.6 is 11.3 Å². The molecule has 4 unspecified atom stereocenters. The van der Waals surface area contributed by atoms with Crippen molar-refractivity contribution in [3.63, 3.8) is 0 Å². The Hall–Kier alpha value is -3.77. The number of hydrogen-bond acceptors (Lipinski definition) is 13. The molecule has 5 atom stereocenters. The Bertz CT molecular complexity index is 1270. The van der Waals surface area contributed by atoms with Crippen LogP contribution in [0, 0.1) is 0 Å². The molecule has 1 fully saturated rings. The second-order valence-electron chi connectivity index (χ2n) is 12.3. The van der Waals surface area contributed by atoms with E-state index < -0.39 is 12.2 Å². The van der Waals surface area contributed by atoms with Gasteiger partial charge in [0.2, 0.25) is 12.3 Å². The van der Waals surface area contributed by atoms with Crippen LogP contribution in [0.1, 0.15) is 82.2 Å². The van der Waals surface area contributed by atoms with Gasteiger partial charge in [0, 0.05) is 55.0 Å².